The molecule has 1 aliphatic heterocycles. The summed E-state index contributed by atoms with van der Waals surface area (Å²) in [7, 11) is 1.61. The van der Waals surface area contributed by atoms with E-state index in [1.54, 1.807) is 12.0 Å². The molecule has 1 heterocycles. The van der Waals surface area contributed by atoms with Gasteiger partial charge in [-0.3, -0.25) is 9.59 Å². The zero-order chi connectivity index (χ0) is 22.5. The van der Waals surface area contributed by atoms with Gasteiger partial charge in [0.15, 0.2) is 0 Å². The summed E-state index contributed by atoms with van der Waals surface area (Å²) in [5.41, 5.74) is 3.48. The molecule has 0 bridgehead atoms. The van der Waals surface area contributed by atoms with Crippen LogP contribution in [0.1, 0.15) is 35.6 Å². The van der Waals surface area contributed by atoms with Crippen LogP contribution in [0.4, 0.5) is 5.69 Å². The lowest BCUT2D eigenvalue weighted by Gasteiger charge is -2.25. The third-order valence-corrected chi connectivity index (χ3v) is 5.57. The van der Waals surface area contributed by atoms with Crippen LogP contribution in [0.3, 0.4) is 0 Å². The van der Waals surface area contributed by atoms with E-state index in [-0.39, 0.29) is 18.7 Å². The Kier molecular flexibility index (Phi) is 6.52. The molecule has 2 atom stereocenters. The van der Waals surface area contributed by atoms with Gasteiger partial charge in [0.05, 0.1) is 19.3 Å². The number of nitrogens with zero attached hydrogens (tertiary/aromatic N) is 1. The predicted molar refractivity (Wildman–Crippen MR) is 121 cm³/mol. The molecule has 3 aromatic carbocycles. The average molecular weight is 431 g/mol. The molecular formula is C26H25NO5. The van der Waals surface area contributed by atoms with Crippen molar-refractivity contribution in [2.75, 3.05) is 12.0 Å². The molecule has 3 aromatic rings. The van der Waals surface area contributed by atoms with Crippen molar-refractivity contribution in [2.24, 2.45) is 0 Å². The third kappa shape index (κ3) is 4.65. The molecule has 1 N–H and O–H groups in total. The monoisotopic (exact) mass is 431 g/mol. The first-order valence-corrected chi connectivity index (χ1v) is 10.5. The van der Waals surface area contributed by atoms with Crippen LogP contribution in [-0.4, -0.2) is 30.2 Å². The van der Waals surface area contributed by atoms with Crippen molar-refractivity contribution >= 4 is 17.6 Å². The van der Waals surface area contributed by atoms with Gasteiger partial charge in [0.25, 0.3) is 5.91 Å². The van der Waals surface area contributed by atoms with Gasteiger partial charge in [0.1, 0.15) is 18.0 Å². The van der Waals surface area contributed by atoms with E-state index in [4.69, 9.17) is 9.47 Å². The maximum absolute atomic E-state index is 13.6. The Morgan fingerprint density at radius 3 is 2.38 bits per heavy atom. The number of amides is 1. The van der Waals surface area contributed by atoms with E-state index in [1.807, 2.05) is 78.9 Å². The minimum atomic E-state index is -0.959. The number of carboxylic acid groups (broad SMARTS) is 1. The van der Waals surface area contributed by atoms with Crippen LogP contribution >= 0.6 is 0 Å². The van der Waals surface area contributed by atoms with Gasteiger partial charge in [-0.2, -0.15) is 0 Å². The number of fused-ring (bicyclic) bond motifs is 1. The highest BCUT2D eigenvalue weighted by Crippen LogP contribution is 2.39. The predicted octanol–water partition coefficient (Wildman–Crippen LogP) is 4.58. The first-order chi connectivity index (χ1) is 15.6. The van der Waals surface area contributed by atoms with Crippen molar-refractivity contribution in [3.63, 3.8) is 0 Å². The lowest BCUT2D eigenvalue weighted by atomic mass is 9.99. The van der Waals surface area contributed by atoms with E-state index in [0.717, 1.165) is 28.1 Å². The number of carbonyl (C=O) groups is 2. The smallest absolute Gasteiger partial charge is 0.303 e. The third-order valence-electron chi connectivity index (χ3n) is 5.57. The summed E-state index contributed by atoms with van der Waals surface area (Å²) >= 11 is 0. The maximum atomic E-state index is 13.6. The zero-order valence-electron chi connectivity index (χ0n) is 17.8. The first-order valence-electron chi connectivity index (χ1n) is 10.5. The Morgan fingerprint density at radius 2 is 1.69 bits per heavy atom. The summed E-state index contributed by atoms with van der Waals surface area (Å²) in [5.74, 6) is -0.475. The van der Waals surface area contributed by atoms with E-state index < -0.39 is 18.2 Å². The van der Waals surface area contributed by atoms with Crippen LogP contribution in [0.15, 0.2) is 78.9 Å². The van der Waals surface area contributed by atoms with Crippen LogP contribution in [0.25, 0.3) is 0 Å². The molecule has 0 saturated carbocycles. The second-order valence-corrected chi connectivity index (χ2v) is 7.68. The quantitative estimate of drug-likeness (QED) is 0.593. The molecule has 0 aromatic heterocycles. The average Bonchev–Trinajstić information content (AvgIpc) is 2.94. The second-order valence-electron chi connectivity index (χ2n) is 7.68. The minimum Gasteiger partial charge on any atom is -0.497 e. The summed E-state index contributed by atoms with van der Waals surface area (Å²) in [4.78, 5) is 26.6. The summed E-state index contributed by atoms with van der Waals surface area (Å²) in [6.07, 6.45) is -1.45. The molecule has 6 nitrogen and oxygen atoms in total. The number of benzene rings is 3. The molecule has 0 fully saturated rings. The molecule has 6 heteroatoms. The van der Waals surface area contributed by atoms with Crippen LogP contribution < -0.4 is 9.64 Å². The summed E-state index contributed by atoms with van der Waals surface area (Å²) in [5, 5.41) is 9.22. The van der Waals surface area contributed by atoms with Gasteiger partial charge < -0.3 is 19.5 Å². The lowest BCUT2D eigenvalue weighted by molar-refractivity contribution is -0.139. The minimum absolute atomic E-state index is 0.0973. The van der Waals surface area contributed by atoms with Gasteiger partial charge in [-0.05, 0) is 35.7 Å². The van der Waals surface area contributed by atoms with E-state index in [0.29, 0.717) is 6.54 Å². The number of carboxylic acids is 1. The number of carbonyl (C=O) groups excluding carboxylic acids is 1. The second kappa shape index (κ2) is 9.66. The number of aliphatic carboxylic acids is 1. The van der Waals surface area contributed by atoms with E-state index >= 15 is 0 Å². The molecule has 0 saturated heterocycles. The molecule has 0 unspecified atom stereocenters. The fraction of sp³-hybridized carbons (Fsp3) is 0.231. The lowest BCUT2D eigenvalue weighted by Crippen LogP contribution is -2.39. The topological polar surface area (TPSA) is 76.1 Å². The number of hydrogen-bond acceptors (Lipinski definition) is 4. The normalized spacial score (nSPS) is 18.0. The number of hydrogen-bond donors (Lipinski definition) is 1. The Balaban J connectivity index is 1.78. The Morgan fingerprint density at radius 1 is 1.00 bits per heavy atom. The number of rotatable bonds is 7. The van der Waals surface area contributed by atoms with Crippen LogP contribution in [-0.2, 0) is 20.9 Å². The van der Waals surface area contributed by atoms with Crippen LogP contribution in [0.2, 0.25) is 0 Å². The van der Waals surface area contributed by atoms with E-state index in [2.05, 4.69) is 0 Å². The van der Waals surface area contributed by atoms with Gasteiger partial charge in [0, 0.05) is 12.0 Å². The highest BCUT2D eigenvalue weighted by atomic mass is 16.5. The van der Waals surface area contributed by atoms with Crippen molar-refractivity contribution in [3.8, 4) is 5.75 Å². The SMILES string of the molecule is COc1ccc([C@@H]2O[C@H](CCC(=O)O)C(=O)N(Cc3ccccc3)c3ccccc32)cc1. The van der Waals surface area contributed by atoms with Gasteiger partial charge in [-0.1, -0.05) is 60.7 Å². The van der Waals surface area contributed by atoms with Crippen molar-refractivity contribution in [1.82, 2.24) is 0 Å². The van der Waals surface area contributed by atoms with Crippen molar-refractivity contribution < 1.29 is 24.2 Å². The number of methoxy groups -OCH3 is 1. The molecule has 1 amide bonds. The summed E-state index contributed by atoms with van der Waals surface area (Å²) < 4.78 is 11.6. The number of anilines is 1. The van der Waals surface area contributed by atoms with Crippen molar-refractivity contribution in [1.29, 1.82) is 0 Å². The van der Waals surface area contributed by atoms with Gasteiger partial charge >= 0.3 is 5.97 Å². The zero-order valence-corrected chi connectivity index (χ0v) is 17.8. The van der Waals surface area contributed by atoms with Crippen LogP contribution in [0, 0.1) is 0 Å². The fourth-order valence-electron chi connectivity index (χ4n) is 3.96. The van der Waals surface area contributed by atoms with Gasteiger partial charge in [-0.15, -0.1) is 0 Å². The first kappa shape index (κ1) is 21.6. The van der Waals surface area contributed by atoms with Crippen molar-refractivity contribution in [3.05, 3.63) is 95.6 Å². The molecule has 164 valence electrons. The molecule has 0 radical (unpaired) electrons. The molecule has 0 aliphatic carbocycles. The largest absolute Gasteiger partial charge is 0.497 e. The Bertz CT molecular complexity index is 1080. The van der Waals surface area contributed by atoms with Gasteiger partial charge in [-0.25, -0.2) is 0 Å². The highest BCUT2D eigenvalue weighted by Gasteiger charge is 2.36. The molecule has 0 spiro atoms. The van der Waals surface area contributed by atoms with Crippen LogP contribution in [0.5, 0.6) is 5.75 Å². The number of ether oxygens (including phenoxy) is 2. The molecular weight excluding hydrogens is 406 g/mol. The molecule has 1 aliphatic rings. The fourth-order valence-corrected chi connectivity index (χ4v) is 3.96. The molecule has 32 heavy (non-hydrogen) atoms. The number of para-hydroxylation sites is 1. The van der Waals surface area contributed by atoms with Crippen molar-refractivity contribution in [2.45, 2.75) is 31.6 Å². The van der Waals surface area contributed by atoms with Gasteiger partial charge in [0.2, 0.25) is 0 Å². The Labute approximate surface area is 187 Å². The Hall–Kier alpha value is -3.64. The van der Waals surface area contributed by atoms with E-state index in [9.17, 15) is 14.7 Å². The summed E-state index contributed by atoms with van der Waals surface area (Å²) in [6, 6.07) is 24.9. The van der Waals surface area contributed by atoms with E-state index in [1.165, 1.54) is 0 Å². The molecule has 4 rings (SSSR count). The summed E-state index contributed by atoms with van der Waals surface area (Å²) in [6.45, 7) is 0.374. The standard InChI is InChI=1S/C26H25NO5/c1-31-20-13-11-19(12-14-20)25-21-9-5-6-10-22(21)27(17-18-7-3-2-4-8-18)26(30)23(32-25)15-16-24(28)29/h2-14,23,25H,15-17H2,1H3,(H,28,29)/t23-,25+/m1/s1. The highest BCUT2D eigenvalue weighted by molar-refractivity contribution is 5.98. The maximum Gasteiger partial charge on any atom is 0.303 e.